The first-order valence-corrected chi connectivity index (χ1v) is 8.93. The fourth-order valence-corrected chi connectivity index (χ4v) is 4.57. The minimum absolute atomic E-state index is 0.183. The molecule has 22 heavy (non-hydrogen) atoms. The van der Waals surface area contributed by atoms with Gasteiger partial charge in [0.15, 0.2) is 0 Å². The van der Waals surface area contributed by atoms with Crippen LogP contribution in [-0.2, 0) is 23.1 Å². The predicted molar refractivity (Wildman–Crippen MR) is 83.7 cm³/mol. The van der Waals surface area contributed by atoms with E-state index in [-0.39, 0.29) is 13.1 Å². The molecule has 3 rings (SSSR count). The summed E-state index contributed by atoms with van der Waals surface area (Å²) in [6.07, 6.45) is 4.86. The average Bonchev–Trinajstić information content (AvgIpc) is 3.21. The lowest BCUT2D eigenvalue weighted by Crippen LogP contribution is -2.29. The van der Waals surface area contributed by atoms with Gasteiger partial charge in [0.1, 0.15) is 9.97 Å². The Morgan fingerprint density at radius 1 is 1.14 bits per heavy atom. The van der Waals surface area contributed by atoms with Crippen LogP contribution in [0.3, 0.4) is 0 Å². The predicted octanol–water partition coefficient (Wildman–Crippen LogP) is 3.13. The Morgan fingerprint density at radius 2 is 2.05 bits per heavy atom. The molecule has 0 bridgehead atoms. The number of hydrogen-bond donors (Lipinski definition) is 0. The van der Waals surface area contributed by atoms with Gasteiger partial charge in [0.25, 0.3) is 10.0 Å². The number of hydrogen-bond acceptors (Lipinski definition) is 5. The first-order valence-electron chi connectivity index (χ1n) is 6.61. The van der Waals surface area contributed by atoms with E-state index in [1.54, 1.807) is 48.1 Å². The Hall–Kier alpha value is -1.96. The summed E-state index contributed by atoms with van der Waals surface area (Å²) in [5.74, 6) is 0.601. The van der Waals surface area contributed by atoms with Crippen LogP contribution in [0.5, 0.6) is 0 Å². The Bertz CT molecular complexity index is 798. The van der Waals surface area contributed by atoms with Crippen molar-refractivity contribution in [3.05, 3.63) is 71.8 Å². The van der Waals surface area contributed by atoms with E-state index in [0.717, 1.165) is 5.56 Å². The Balaban J connectivity index is 1.92. The van der Waals surface area contributed by atoms with Crippen LogP contribution in [0.1, 0.15) is 11.3 Å². The van der Waals surface area contributed by atoms with Crippen LogP contribution in [0.25, 0.3) is 0 Å². The number of pyridine rings is 1. The molecule has 0 saturated heterocycles. The van der Waals surface area contributed by atoms with Crippen LogP contribution >= 0.6 is 11.3 Å². The van der Waals surface area contributed by atoms with Crippen LogP contribution in [-0.4, -0.2) is 17.7 Å². The van der Waals surface area contributed by atoms with E-state index in [2.05, 4.69) is 4.98 Å². The van der Waals surface area contributed by atoms with E-state index >= 15 is 0 Å². The third-order valence-corrected chi connectivity index (χ3v) is 6.25. The molecule has 0 atom stereocenters. The number of rotatable bonds is 6. The highest BCUT2D eigenvalue weighted by atomic mass is 32.2. The summed E-state index contributed by atoms with van der Waals surface area (Å²) < 4.78 is 32.6. The normalized spacial score (nSPS) is 11.9. The molecule has 5 nitrogen and oxygen atoms in total. The van der Waals surface area contributed by atoms with Crippen LogP contribution in [0.2, 0.25) is 0 Å². The molecule has 0 saturated carbocycles. The number of furan rings is 1. The van der Waals surface area contributed by atoms with Gasteiger partial charge in [0.05, 0.1) is 12.8 Å². The van der Waals surface area contributed by atoms with Crippen LogP contribution in [0, 0.1) is 0 Å². The second-order valence-corrected chi connectivity index (χ2v) is 7.76. The van der Waals surface area contributed by atoms with Gasteiger partial charge < -0.3 is 4.42 Å². The largest absolute Gasteiger partial charge is 0.468 e. The molecule has 0 aromatic carbocycles. The third-order valence-electron chi connectivity index (χ3n) is 3.08. The summed E-state index contributed by atoms with van der Waals surface area (Å²) in [6, 6.07) is 10.5. The first kappa shape index (κ1) is 15.0. The average molecular weight is 334 g/mol. The molecule has 3 aromatic rings. The zero-order valence-electron chi connectivity index (χ0n) is 11.6. The smallest absolute Gasteiger partial charge is 0.253 e. The monoisotopic (exact) mass is 334 g/mol. The number of nitrogens with zero attached hydrogens (tertiary/aromatic N) is 2. The number of aromatic nitrogens is 1. The van der Waals surface area contributed by atoms with E-state index in [9.17, 15) is 8.42 Å². The van der Waals surface area contributed by atoms with Crippen molar-refractivity contribution in [1.82, 2.24) is 9.29 Å². The standard InChI is InChI=1S/C15H14N2O3S2/c18-22(19,15-6-3-9-21-15)17(12-14-5-2-8-20-14)11-13-4-1-7-16-10-13/h1-10H,11-12H2. The second-order valence-electron chi connectivity index (χ2n) is 4.65. The van der Waals surface area contributed by atoms with Crippen molar-refractivity contribution in [3.63, 3.8) is 0 Å². The van der Waals surface area contributed by atoms with Gasteiger partial charge in [-0.3, -0.25) is 4.98 Å². The van der Waals surface area contributed by atoms with Crippen LogP contribution in [0.15, 0.2) is 69.1 Å². The molecule has 7 heteroatoms. The maximum atomic E-state index is 12.8. The SMILES string of the molecule is O=S(=O)(c1cccs1)N(Cc1cccnc1)Cc1ccco1. The Labute approximate surface area is 132 Å². The van der Waals surface area contributed by atoms with Gasteiger partial charge in [0.2, 0.25) is 0 Å². The molecule has 0 aliphatic rings. The maximum Gasteiger partial charge on any atom is 0.253 e. The van der Waals surface area contributed by atoms with Crippen molar-refractivity contribution in [1.29, 1.82) is 0 Å². The zero-order chi connectivity index (χ0) is 15.4. The zero-order valence-corrected chi connectivity index (χ0v) is 13.3. The van der Waals surface area contributed by atoms with E-state index in [0.29, 0.717) is 9.97 Å². The minimum atomic E-state index is -3.57. The van der Waals surface area contributed by atoms with Crippen molar-refractivity contribution >= 4 is 21.4 Å². The number of thiophene rings is 1. The Morgan fingerprint density at radius 3 is 2.68 bits per heavy atom. The van der Waals surface area contributed by atoms with Gasteiger partial charge in [-0.15, -0.1) is 11.3 Å². The van der Waals surface area contributed by atoms with E-state index in [1.807, 2.05) is 6.07 Å². The summed E-state index contributed by atoms with van der Waals surface area (Å²) in [4.78, 5) is 4.04. The highest BCUT2D eigenvalue weighted by Gasteiger charge is 2.26. The number of sulfonamides is 1. The van der Waals surface area contributed by atoms with Gasteiger partial charge in [-0.05, 0) is 35.2 Å². The lowest BCUT2D eigenvalue weighted by atomic mass is 10.3. The first-order chi connectivity index (χ1) is 10.7. The summed E-state index contributed by atoms with van der Waals surface area (Å²) in [5.41, 5.74) is 0.828. The van der Waals surface area contributed by atoms with Crippen molar-refractivity contribution < 1.29 is 12.8 Å². The van der Waals surface area contributed by atoms with E-state index in [4.69, 9.17) is 4.42 Å². The molecule has 0 fully saturated rings. The molecule has 3 heterocycles. The van der Waals surface area contributed by atoms with E-state index < -0.39 is 10.0 Å². The molecule has 0 aliphatic heterocycles. The molecule has 0 N–H and O–H groups in total. The highest BCUT2D eigenvalue weighted by molar-refractivity contribution is 7.91. The molecule has 0 spiro atoms. The van der Waals surface area contributed by atoms with E-state index in [1.165, 1.54) is 21.9 Å². The highest BCUT2D eigenvalue weighted by Crippen LogP contribution is 2.24. The second kappa shape index (κ2) is 6.43. The molecule has 0 unspecified atom stereocenters. The fourth-order valence-electron chi connectivity index (χ4n) is 2.04. The van der Waals surface area contributed by atoms with Crippen LogP contribution < -0.4 is 0 Å². The quantitative estimate of drug-likeness (QED) is 0.695. The van der Waals surface area contributed by atoms with Gasteiger partial charge in [-0.1, -0.05) is 12.1 Å². The van der Waals surface area contributed by atoms with Crippen molar-refractivity contribution in [2.45, 2.75) is 17.3 Å². The molecule has 114 valence electrons. The van der Waals surface area contributed by atoms with Crippen molar-refractivity contribution in [3.8, 4) is 0 Å². The lowest BCUT2D eigenvalue weighted by Gasteiger charge is -2.20. The molecule has 0 radical (unpaired) electrons. The van der Waals surface area contributed by atoms with Crippen molar-refractivity contribution in [2.24, 2.45) is 0 Å². The molecule has 3 aromatic heterocycles. The van der Waals surface area contributed by atoms with Crippen molar-refractivity contribution in [2.75, 3.05) is 0 Å². The van der Waals surface area contributed by atoms with Gasteiger partial charge in [-0.2, -0.15) is 4.31 Å². The van der Waals surface area contributed by atoms with Crippen LogP contribution in [0.4, 0.5) is 0 Å². The topological polar surface area (TPSA) is 63.4 Å². The molecular weight excluding hydrogens is 320 g/mol. The summed E-state index contributed by atoms with van der Waals surface area (Å²) in [7, 11) is -3.57. The summed E-state index contributed by atoms with van der Waals surface area (Å²) in [6.45, 7) is 0.427. The third kappa shape index (κ3) is 3.27. The lowest BCUT2D eigenvalue weighted by molar-refractivity contribution is 0.359. The Kier molecular flexibility index (Phi) is 4.37. The van der Waals surface area contributed by atoms with Gasteiger partial charge in [0, 0.05) is 18.9 Å². The van der Waals surface area contributed by atoms with Gasteiger partial charge in [-0.25, -0.2) is 8.42 Å². The van der Waals surface area contributed by atoms with Gasteiger partial charge >= 0.3 is 0 Å². The molecular formula is C15H14N2O3S2. The molecule has 0 amide bonds. The molecule has 0 aliphatic carbocycles. The fraction of sp³-hybridized carbons (Fsp3) is 0.133. The summed E-state index contributed by atoms with van der Waals surface area (Å²) in [5, 5.41) is 1.75. The minimum Gasteiger partial charge on any atom is -0.468 e. The maximum absolute atomic E-state index is 12.8. The summed E-state index contributed by atoms with van der Waals surface area (Å²) >= 11 is 1.21.